The summed E-state index contributed by atoms with van der Waals surface area (Å²) in [6.45, 7) is 4.19. The van der Waals surface area contributed by atoms with Crippen LogP contribution in [-0.2, 0) is 4.79 Å². The number of amides is 1. The fourth-order valence-electron chi connectivity index (χ4n) is 0.630. The van der Waals surface area contributed by atoms with Crippen molar-refractivity contribution in [2.45, 2.75) is 26.7 Å². The Morgan fingerprint density at radius 1 is 1.55 bits per heavy atom. The van der Waals surface area contributed by atoms with Crippen molar-refractivity contribution >= 4 is 11.6 Å². The van der Waals surface area contributed by atoms with E-state index in [0.29, 0.717) is 25.1 Å². The number of hydrogen-bond acceptors (Lipinski definition) is 3. The van der Waals surface area contributed by atoms with E-state index in [2.05, 4.69) is 10.5 Å². The molecule has 64 valence electrons. The van der Waals surface area contributed by atoms with Crippen molar-refractivity contribution in [2.24, 2.45) is 5.16 Å². The number of nitrogens with one attached hydrogen (secondary N) is 1. The van der Waals surface area contributed by atoms with Gasteiger partial charge in [0.25, 0.3) is 0 Å². The smallest absolute Gasteiger partial charge is 0.220 e. The second kappa shape index (κ2) is 5.70. The zero-order valence-electron chi connectivity index (χ0n) is 6.92. The number of nitrogens with zero attached hydrogens (tertiary/aromatic N) is 1. The van der Waals surface area contributed by atoms with Crippen molar-refractivity contribution < 1.29 is 10.0 Å². The monoisotopic (exact) mass is 158 g/mol. The van der Waals surface area contributed by atoms with Gasteiger partial charge in [-0.1, -0.05) is 5.16 Å². The Bertz CT molecular complexity index is 155. The van der Waals surface area contributed by atoms with Crippen LogP contribution in [0, 0.1) is 0 Å². The normalized spacial score (nSPS) is 11.3. The van der Waals surface area contributed by atoms with E-state index in [1.54, 1.807) is 6.92 Å². The van der Waals surface area contributed by atoms with E-state index in [1.807, 2.05) is 6.92 Å². The van der Waals surface area contributed by atoms with Crippen molar-refractivity contribution in [2.75, 3.05) is 6.54 Å². The first kappa shape index (κ1) is 9.94. The fourth-order valence-corrected chi connectivity index (χ4v) is 0.630. The van der Waals surface area contributed by atoms with Crippen LogP contribution < -0.4 is 5.32 Å². The van der Waals surface area contributed by atoms with Gasteiger partial charge >= 0.3 is 0 Å². The lowest BCUT2D eigenvalue weighted by atomic mass is 10.2. The van der Waals surface area contributed by atoms with Crippen LogP contribution in [0.1, 0.15) is 26.7 Å². The van der Waals surface area contributed by atoms with E-state index >= 15 is 0 Å². The van der Waals surface area contributed by atoms with Gasteiger partial charge in [-0.15, -0.1) is 0 Å². The van der Waals surface area contributed by atoms with Crippen molar-refractivity contribution in [3.63, 3.8) is 0 Å². The highest BCUT2D eigenvalue weighted by Gasteiger charge is 1.99. The second-order valence-corrected chi connectivity index (χ2v) is 2.29. The Balaban J connectivity index is 3.46. The molecule has 4 heteroatoms. The Morgan fingerprint density at radius 2 is 2.18 bits per heavy atom. The quantitative estimate of drug-likeness (QED) is 0.360. The highest BCUT2D eigenvalue weighted by atomic mass is 16.4. The maximum atomic E-state index is 10.8. The molecule has 0 fully saturated rings. The Labute approximate surface area is 66.3 Å². The highest BCUT2D eigenvalue weighted by molar-refractivity contribution is 5.86. The van der Waals surface area contributed by atoms with Gasteiger partial charge in [0, 0.05) is 13.0 Å². The maximum Gasteiger partial charge on any atom is 0.220 e. The molecule has 0 saturated carbocycles. The molecule has 0 bridgehead atoms. The van der Waals surface area contributed by atoms with Crippen molar-refractivity contribution in [1.29, 1.82) is 0 Å². The summed E-state index contributed by atoms with van der Waals surface area (Å²) in [5.41, 5.74) is 0.580. The first-order chi connectivity index (χ1) is 5.20. The predicted octanol–water partition coefficient (Wildman–Crippen LogP) is 0.753. The van der Waals surface area contributed by atoms with Crippen LogP contribution in [0.5, 0.6) is 0 Å². The standard InChI is InChI=1S/C7H14N2O2/c1-3-8-7(10)5-4-6(2)9-11/h11H,3-5H2,1-2H3,(H,8,10)/b9-6+. The molecule has 0 aliphatic rings. The lowest BCUT2D eigenvalue weighted by Crippen LogP contribution is -2.22. The lowest BCUT2D eigenvalue weighted by molar-refractivity contribution is -0.120. The molecule has 0 radical (unpaired) electrons. The van der Waals surface area contributed by atoms with Crippen molar-refractivity contribution in [1.82, 2.24) is 5.32 Å². The third-order valence-electron chi connectivity index (χ3n) is 1.26. The highest BCUT2D eigenvalue weighted by Crippen LogP contribution is 1.91. The largest absolute Gasteiger partial charge is 0.411 e. The zero-order valence-corrected chi connectivity index (χ0v) is 6.92. The Kier molecular flexibility index (Phi) is 5.15. The fraction of sp³-hybridized carbons (Fsp3) is 0.714. The SMILES string of the molecule is CCNC(=O)CC/C(C)=N/O. The van der Waals surface area contributed by atoms with E-state index in [-0.39, 0.29) is 5.91 Å². The summed E-state index contributed by atoms with van der Waals surface area (Å²) in [5.74, 6) is -0.00417. The molecule has 0 aromatic rings. The summed E-state index contributed by atoms with van der Waals surface area (Å²) in [7, 11) is 0. The average molecular weight is 158 g/mol. The second-order valence-electron chi connectivity index (χ2n) is 2.29. The summed E-state index contributed by atoms with van der Waals surface area (Å²) < 4.78 is 0. The Morgan fingerprint density at radius 3 is 2.64 bits per heavy atom. The van der Waals surface area contributed by atoms with Gasteiger partial charge in [0.2, 0.25) is 5.91 Å². The zero-order chi connectivity index (χ0) is 8.69. The molecule has 0 aliphatic carbocycles. The molecule has 0 aliphatic heterocycles. The Hall–Kier alpha value is -1.06. The van der Waals surface area contributed by atoms with Gasteiger partial charge in [-0.3, -0.25) is 4.79 Å². The van der Waals surface area contributed by atoms with Crippen LogP contribution in [0.3, 0.4) is 0 Å². The predicted molar refractivity (Wildman–Crippen MR) is 42.8 cm³/mol. The van der Waals surface area contributed by atoms with E-state index in [0.717, 1.165) is 0 Å². The van der Waals surface area contributed by atoms with Crippen LogP contribution in [-0.4, -0.2) is 23.4 Å². The molecular weight excluding hydrogens is 144 g/mol. The van der Waals surface area contributed by atoms with Gasteiger partial charge in [-0.2, -0.15) is 0 Å². The molecule has 11 heavy (non-hydrogen) atoms. The first-order valence-electron chi connectivity index (χ1n) is 3.65. The average Bonchev–Trinajstić information content (AvgIpc) is 2.01. The molecule has 0 unspecified atom stereocenters. The molecular formula is C7H14N2O2. The molecule has 0 aromatic heterocycles. The lowest BCUT2D eigenvalue weighted by Gasteiger charge is -1.99. The first-order valence-corrected chi connectivity index (χ1v) is 3.65. The summed E-state index contributed by atoms with van der Waals surface area (Å²) >= 11 is 0. The molecule has 0 rings (SSSR count). The van der Waals surface area contributed by atoms with Gasteiger partial charge in [0.05, 0.1) is 5.71 Å². The third kappa shape index (κ3) is 5.39. The van der Waals surface area contributed by atoms with Crippen LogP contribution in [0.4, 0.5) is 0 Å². The topological polar surface area (TPSA) is 61.7 Å². The molecule has 0 spiro atoms. The van der Waals surface area contributed by atoms with E-state index < -0.39 is 0 Å². The molecule has 1 amide bonds. The maximum absolute atomic E-state index is 10.8. The van der Waals surface area contributed by atoms with Crippen LogP contribution in [0.25, 0.3) is 0 Å². The van der Waals surface area contributed by atoms with Crippen LogP contribution in [0.2, 0.25) is 0 Å². The van der Waals surface area contributed by atoms with Gasteiger partial charge in [0.15, 0.2) is 0 Å². The third-order valence-corrected chi connectivity index (χ3v) is 1.26. The summed E-state index contributed by atoms with van der Waals surface area (Å²) in [6, 6.07) is 0. The summed E-state index contributed by atoms with van der Waals surface area (Å²) in [5, 5.41) is 13.8. The number of hydrogen-bond donors (Lipinski definition) is 2. The van der Waals surface area contributed by atoms with Gasteiger partial charge in [-0.25, -0.2) is 0 Å². The van der Waals surface area contributed by atoms with E-state index in [1.165, 1.54) is 0 Å². The van der Waals surface area contributed by atoms with Gasteiger partial charge < -0.3 is 10.5 Å². The minimum absolute atomic E-state index is 0.00417. The van der Waals surface area contributed by atoms with Gasteiger partial charge in [-0.05, 0) is 20.3 Å². The number of oxime groups is 1. The van der Waals surface area contributed by atoms with E-state index in [9.17, 15) is 4.79 Å². The van der Waals surface area contributed by atoms with Crippen molar-refractivity contribution in [3.8, 4) is 0 Å². The summed E-state index contributed by atoms with van der Waals surface area (Å²) in [6.07, 6.45) is 0.909. The molecule has 4 nitrogen and oxygen atoms in total. The molecule has 2 N–H and O–H groups in total. The minimum Gasteiger partial charge on any atom is -0.411 e. The van der Waals surface area contributed by atoms with Crippen LogP contribution in [0.15, 0.2) is 5.16 Å². The minimum atomic E-state index is -0.00417. The molecule has 0 saturated heterocycles. The number of carbonyl (C=O) groups excluding carboxylic acids is 1. The number of rotatable bonds is 4. The van der Waals surface area contributed by atoms with E-state index in [4.69, 9.17) is 5.21 Å². The molecule has 0 heterocycles. The van der Waals surface area contributed by atoms with Crippen molar-refractivity contribution in [3.05, 3.63) is 0 Å². The molecule has 0 aromatic carbocycles. The van der Waals surface area contributed by atoms with Gasteiger partial charge in [0.1, 0.15) is 0 Å². The van der Waals surface area contributed by atoms with Crippen LogP contribution >= 0.6 is 0 Å². The summed E-state index contributed by atoms with van der Waals surface area (Å²) in [4.78, 5) is 10.8. The number of carbonyl (C=O) groups is 1. The molecule has 0 atom stereocenters.